The number of halogens is 1. The summed E-state index contributed by atoms with van der Waals surface area (Å²) in [5.41, 5.74) is 1.13. The molecule has 0 radical (unpaired) electrons. The average molecular weight is 306 g/mol. The van der Waals surface area contributed by atoms with Crippen molar-refractivity contribution in [2.24, 2.45) is 0 Å². The van der Waals surface area contributed by atoms with Gasteiger partial charge in [-0.1, -0.05) is 0 Å². The second-order valence-electron chi connectivity index (χ2n) is 5.22. The molecule has 6 nitrogen and oxygen atoms in total. The number of amides is 1. The first kappa shape index (κ1) is 16.0. The van der Waals surface area contributed by atoms with Gasteiger partial charge in [0, 0.05) is 32.2 Å². The van der Waals surface area contributed by atoms with Gasteiger partial charge < -0.3 is 20.6 Å². The third kappa shape index (κ3) is 4.33. The molecule has 0 spiro atoms. The molecule has 1 aromatic carbocycles. The predicted molar refractivity (Wildman–Crippen MR) is 80.4 cm³/mol. The van der Waals surface area contributed by atoms with Crippen LogP contribution >= 0.6 is 0 Å². The first-order valence-corrected chi connectivity index (χ1v) is 7.25. The zero-order chi connectivity index (χ0) is 15.9. The van der Waals surface area contributed by atoms with Gasteiger partial charge in [0.1, 0.15) is 11.9 Å². The summed E-state index contributed by atoms with van der Waals surface area (Å²) in [6.07, 6.45) is 0.780. The molecular formula is C15H19FN4O2. The van der Waals surface area contributed by atoms with Crippen molar-refractivity contribution < 1.29 is 14.3 Å². The van der Waals surface area contributed by atoms with Gasteiger partial charge >= 0.3 is 6.09 Å². The van der Waals surface area contributed by atoms with E-state index in [1.165, 1.54) is 12.1 Å². The van der Waals surface area contributed by atoms with E-state index in [2.05, 4.69) is 15.5 Å². The molecule has 0 bridgehead atoms. The maximum atomic E-state index is 13.2. The first-order chi connectivity index (χ1) is 10.6. The number of rotatable bonds is 5. The van der Waals surface area contributed by atoms with Crippen LogP contribution in [0.25, 0.3) is 0 Å². The second kappa shape index (κ2) is 7.61. The molecule has 2 rings (SSSR count). The molecule has 1 heterocycles. The van der Waals surface area contributed by atoms with Crippen molar-refractivity contribution >= 4 is 11.8 Å². The highest BCUT2D eigenvalue weighted by molar-refractivity contribution is 5.64. The number of hydrogen-bond donors (Lipinski definition) is 3. The van der Waals surface area contributed by atoms with Crippen LogP contribution in [-0.2, 0) is 0 Å². The van der Waals surface area contributed by atoms with Crippen molar-refractivity contribution in [1.29, 1.82) is 5.26 Å². The summed E-state index contributed by atoms with van der Waals surface area (Å²) in [7, 11) is 0. The maximum absolute atomic E-state index is 13.2. The number of nitrogens with one attached hydrogen (secondary N) is 2. The molecule has 0 aliphatic carbocycles. The molecule has 7 heteroatoms. The summed E-state index contributed by atoms with van der Waals surface area (Å²) < 4.78 is 13.2. The van der Waals surface area contributed by atoms with E-state index in [0.29, 0.717) is 24.7 Å². The van der Waals surface area contributed by atoms with Gasteiger partial charge in [-0.2, -0.15) is 5.26 Å². The lowest BCUT2D eigenvalue weighted by Crippen LogP contribution is -2.44. The molecule has 1 saturated heterocycles. The van der Waals surface area contributed by atoms with Gasteiger partial charge in [-0.25, -0.2) is 9.18 Å². The van der Waals surface area contributed by atoms with Crippen LogP contribution in [0.2, 0.25) is 0 Å². The lowest BCUT2D eigenvalue weighted by Gasteiger charge is -2.34. The number of nitriles is 1. The number of piperidine rings is 1. The Morgan fingerprint density at radius 2 is 2.14 bits per heavy atom. The van der Waals surface area contributed by atoms with E-state index in [1.807, 2.05) is 6.07 Å². The molecule has 1 aromatic rings. The highest BCUT2D eigenvalue weighted by Gasteiger charge is 2.20. The van der Waals surface area contributed by atoms with E-state index in [1.54, 1.807) is 6.07 Å². The number of anilines is 1. The fourth-order valence-electron chi connectivity index (χ4n) is 2.64. The van der Waals surface area contributed by atoms with Crippen molar-refractivity contribution in [2.45, 2.75) is 18.9 Å². The maximum Gasteiger partial charge on any atom is 0.404 e. The van der Waals surface area contributed by atoms with Crippen molar-refractivity contribution in [2.75, 3.05) is 31.1 Å². The zero-order valence-corrected chi connectivity index (χ0v) is 12.2. The monoisotopic (exact) mass is 306 g/mol. The third-order valence-corrected chi connectivity index (χ3v) is 3.75. The van der Waals surface area contributed by atoms with E-state index in [0.717, 1.165) is 31.6 Å². The Kier molecular flexibility index (Phi) is 5.55. The number of hydrogen-bond acceptors (Lipinski definition) is 4. The first-order valence-electron chi connectivity index (χ1n) is 7.25. The average Bonchev–Trinajstić information content (AvgIpc) is 2.52. The van der Waals surface area contributed by atoms with E-state index >= 15 is 0 Å². The van der Waals surface area contributed by atoms with Crippen molar-refractivity contribution in [3.05, 3.63) is 29.6 Å². The number of carbonyl (C=O) groups is 1. The van der Waals surface area contributed by atoms with Crippen LogP contribution < -0.4 is 15.5 Å². The Balaban J connectivity index is 1.82. The lowest BCUT2D eigenvalue weighted by atomic mass is 10.0. The van der Waals surface area contributed by atoms with Gasteiger partial charge in [-0.05, 0) is 31.0 Å². The van der Waals surface area contributed by atoms with Gasteiger partial charge in [0.2, 0.25) is 0 Å². The molecule has 3 N–H and O–H groups in total. The zero-order valence-electron chi connectivity index (χ0n) is 12.2. The number of benzene rings is 1. The molecule has 1 aliphatic rings. The van der Waals surface area contributed by atoms with Gasteiger partial charge in [0.15, 0.2) is 0 Å². The molecule has 0 atom stereocenters. The molecular weight excluding hydrogens is 287 g/mol. The van der Waals surface area contributed by atoms with E-state index in [9.17, 15) is 9.18 Å². The van der Waals surface area contributed by atoms with Crippen molar-refractivity contribution in [1.82, 2.24) is 10.6 Å². The Bertz CT molecular complexity index is 565. The second-order valence-corrected chi connectivity index (χ2v) is 5.22. The molecule has 0 unspecified atom stereocenters. The highest BCUT2D eigenvalue weighted by Crippen LogP contribution is 2.24. The summed E-state index contributed by atoms with van der Waals surface area (Å²) in [6.45, 7) is 2.54. The Hall–Kier alpha value is -2.33. The molecule has 0 saturated carbocycles. The van der Waals surface area contributed by atoms with Gasteiger partial charge in [0.25, 0.3) is 0 Å². The van der Waals surface area contributed by atoms with E-state index in [-0.39, 0.29) is 0 Å². The highest BCUT2D eigenvalue weighted by atomic mass is 19.1. The van der Waals surface area contributed by atoms with Crippen molar-refractivity contribution in [3.8, 4) is 6.07 Å². The van der Waals surface area contributed by atoms with Crippen LogP contribution in [0.3, 0.4) is 0 Å². The minimum absolute atomic E-state index is 0.331. The Morgan fingerprint density at radius 1 is 1.41 bits per heavy atom. The Morgan fingerprint density at radius 3 is 2.77 bits per heavy atom. The van der Waals surface area contributed by atoms with Gasteiger partial charge in [-0.3, -0.25) is 0 Å². The third-order valence-electron chi connectivity index (χ3n) is 3.75. The minimum atomic E-state index is -1.02. The normalized spacial score (nSPS) is 15.4. The number of nitrogens with zero attached hydrogens (tertiary/aromatic N) is 2. The number of carboxylic acid groups (broad SMARTS) is 1. The molecule has 0 aromatic heterocycles. The summed E-state index contributed by atoms with van der Waals surface area (Å²) in [4.78, 5) is 12.4. The van der Waals surface area contributed by atoms with E-state index in [4.69, 9.17) is 10.4 Å². The summed E-state index contributed by atoms with van der Waals surface area (Å²) in [5, 5.41) is 23.2. The molecule has 1 amide bonds. The molecule has 1 aliphatic heterocycles. The fraction of sp³-hybridized carbons (Fsp3) is 0.467. The topological polar surface area (TPSA) is 88.4 Å². The van der Waals surface area contributed by atoms with Crippen LogP contribution in [0.15, 0.2) is 18.2 Å². The Labute approximate surface area is 128 Å². The lowest BCUT2D eigenvalue weighted by molar-refractivity contribution is 0.194. The van der Waals surface area contributed by atoms with Gasteiger partial charge in [0.05, 0.1) is 11.3 Å². The fourth-order valence-corrected chi connectivity index (χ4v) is 2.64. The quantitative estimate of drug-likeness (QED) is 0.718. The molecule has 1 fully saturated rings. The largest absolute Gasteiger partial charge is 0.465 e. The predicted octanol–water partition coefficient (Wildman–Crippen LogP) is 1.52. The smallest absolute Gasteiger partial charge is 0.404 e. The minimum Gasteiger partial charge on any atom is -0.465 e. The van der Waals surface area contributed by atoms with Gasteiger partial charge in [-0.15, -0.1) is 0 Å². The van der Waals surface area contributed by atoms with Crippen molar-refractivity contribution in [3.63, 3.8) is 0 Å². The summed E-state index contributed by atoms with van der Waals surface area (Å²) in [5.74, 6) is -0.400. The molecule has 118 valence electrons. The SMILES string of the molecule is N#Cc1cc(F)ccc1N1CCC(NCCNC(=O)O)CC1. The van der Waals surface area contributed by atoms with Crippen LogP contribution in [0.4, 0.5) is 14.9 Å². The van der Waals surface area contributed by atoms with E-state index < -0.39 is 11.9 Å². The standard InChI is InChI=1S/C15H19FN4O2/c16-12-1-2-14(11(9-12)10-17)20-7-3-13(4-8-20)18-5-6-19-15(21)22/h1-2,9,13,18-19H,3-8H2,(H,21,22). The molecule has 22 heavy (non-hydrogen) atoms. The summed E-state index contributed by atoms with van der Waals surface area (Å²) in [6, 6.07) is 6.65. The van der Waals surface area contributed by atoms with Crippen LogP contribution in [0.5, 0.6) is 0 Å². The van der Waals surface area contributed by atoms with Crippen LogP contribution in [-0.4, -0.2) is 43.4 Å². The van der Waals surface area contributed by atoms with Crippen LogP contribution in [0.1, 0.15) is 18.4 Å². The van der Waals surface area contributed by atoms with Crippen LogP contribution in [0, 0.1) is 17.1 Å². The summed E-state index contributed by atoms with van der Waals surface area (Å²) >= 11 is 0.